The second kappa shape index (κ2) is 9.32. The standard InChI is InChI=1S/C36H25P/c1-3-15-28(16-4-1)37(29-17-5-2-6-18-29)35-24-23-26-13-7-10-20-31(26)36(35)34-25-27-14-8-9-19-30(27)32-21-11-12-22-33(32)34/h1-25H. The lowest BCUT2D eigenvalue weighted by atomic mass is 9.90. The van der Waals surface area contributed by atoms with Crippen molar-refractivity contribution in [1.82, 2.24) is 0 Å². The molecule has 7 rings (SSSR count). The maximum atomic E-state index is 2.41. The molecule has 0 N–H and O–H groups in total. The maximum absolute atomic E-state index is 2.41. The minimum absolute atomic E-state index is 0.762. The van der Waals surface area contributed by atoms with E-state index in [1.165, 1.54) is 59.4 Å². The average molecular weight is 489 g/mol. The molecule has 0 fully saturated rings. The quantitative estimate of drug-likeness (QED) is 0.172. The van der Waals surface area contributed by atoms with Gasteiger partial charge in [0.15, 0.2) is 0 Å². The van der Waals surface area contributed by atoms with E-state index in [1.54, 1.807) is 0 Å². The van der Waals surface area contributed by atoms with Gasteiger partial charge in [0.1, 0.15) is 0 Å². The third kappa shape index (κ3) is 3.82. The van der Waals surface area contributed by atoms with Crippen molar-refractivity contribution in [2.75, 3.05) is 0 Å². The summed E-state index contributed by atoms with van der Waals surface area (Å²) >= 11 is 0. The zero-order valence-electron chi connectivity index (χ0n) is 20.4. The van der Waals surface area contributed by atoms with Crippen LogP contribution in [0.1, 0.15) is 0 Å². The Labute approximate surface area is 218 Å². The molecule has 174 valence electrons. The van der Waals surface area contributed by atoms with Crippen molar-refractivity contribution in [3.8, 4) is 11.1 Å². The molecule has 0 aliphatic carbocycles. The molecule has 0 aliphatic heterocycles. The highest BCUT2D eigenvalue weighted by Gasteiger charge is 2.23. The summed E-state index contributed by atoms with van der Waals surface area (Å²) in [5.41, 5.74) is 2.65. The fourth-order valence-corrected chi connectivity index (χ4v) is 8.06. The molecule has 0 aromatic heterocycles. The minimum atomic E-state index is -0.762. The van der Waals surface area contributed by atoms with E-state index in [1.807, 2.05) is 0 Å². The van der Waals surface area contributed by atoms with E-state index in [4.69, 9.17) is 0 Å². The van der Waals surface area contributed by atoms with Crippen molar-refractivity contribution in [3.05, 3.63) is 152 Å². The molecule has 7 aromatic carbocycles. The van der Waals surface area contributed by atoms with Gasteiger partial charge in [0.05, 0.1) is 0 Å². The summed E-state index contributed by atoms with van der Waals surface area (Å²) < 4.78 is 0. The SMILES string of the molecule is c1ccc(P(c2ccccc2)c2ccc3ccccc3c2-c2cc3ccccc3c3ccccc23)cc1. The summed E-state index contributed by atoms with van der Waals surface area (Å²) in [6.07, 6.45) is 0. The number of benzene rings is 7. The summed E-state index contributed by atoms with van der Waals surface area (Å²) in [7, 11) is -0.762. The van der Waals surface area contributed by atoms with Gasteiger partial charge in [-0.15, -0.1) is 0 Å². The zero-order valence-corrected chi connectivity index (χ0v) is 21.3. The molecule has 0 heterocycles. The number of hydrogen-bond donors (Lipinski definition) is 0. The molecule has 0 unspecified atom stereocenters. The molecule has 0 radical (unpaired) electrons. The number of hydrogen-bond acceptors (Lipinski definition) is 0. The van der Waals surface area contributed by atoms with Gasteiger partial charge in [-0.05, 0) is 73.3 Å². The van der Waals surface area contributed by atoms with Crippen molar-refractivity contribution >= 4 is 56.2 Å². The van der Waals surface area contributed by atoms with E-state index in [9.17, 15) is 0 Å². The van der Waals surface area contributed by atoms with Gasteiger partial charge < -0.3 is 0 Å². The van der Waals surface area contributed by atoms with Crippen LogP contribution in [0.4, 0.5) is 0 Å². The van der Waals surface area contributed by atoms with E-state index in [-0.39, 0.29) is 0 Å². The fraction of sp³-hybridized carbons (Fsp3) is 0. The van der Waals surface area contributed by atoms with Crippen LogP contribution in [0.15, 0.2) is 152 Å². The van der Waals surface area contributed by atoms with E-state index in [0.717, 1.165) is 0 Å². The second-order valence-electron chi connectivity index (χ2n) is 9.38. The molecule has 0 atom stereocenters. The van der Waals surface area contributed by atoms with E-state index < -0.39 is 7.92 Å². The smallest absolute Gasteiger partial charge is 0.00153 e. The molecule has 0 nitrogen and oxygen atoms in total. The van der Waals surface area contributed by atoms with Crippen LogP contribution in [-0.2, 0) is 0 Å². The third-order valence-electron chi connectivity index (χ3n) is 7.21. The van der Waals surface area contributed by atoms with Crippen molar-refractivity contribution in [1.29, 1.82) is 0 Å². The van der Waals surface area contributed by atoms with Crippen molar-refractivity contribution in [2.45, 2.75) is 0 Å². The van der Waals surface area contributed by atoms with E-state index >= 15 is 0 Å². The van der Waals surface area contributed by atoms with Crippen LogP contribution in [0, 0.1) is 0 Å². The first-order chi connectivity index (χ1) is 18.4. The van der Waals surface area contributed by atoms with Gasteiger partial charge in [-0.1, -0.05) is 146 Å². The lowest BCUT2D eigenvalue weighted by molar-refractivity contribution is 1.72. The first kappa shape index (κ1) is 22.0. The molecule has 0 saturated heterocycles. The first-order valence-electron chi connectivity index (χ1n) is 12.7. The molecular weight excluding hydrogens is 463 g/mol. The average Bonchev–Trinajstić information content (AvgIpc) is 2.98. The Bertz CT molecular complexity index is 1830. The van der Waals surface area contributed by atoms with Gasteiger partial charge in [-0.2, -0.15) is 0 Å². The summed E-state index contributed by atoms with van der Waals surface area (Å²) in [6.45, 7) is 0. The summed E-state index contributed by atoms with van der Waals surface area (Å²) in [6, 6.07) is 55.6. The Balaban J connectivity index is 1.64. The van der Waals surface area contributed by atoms with Gasteiger partial charge in [0.2, 0.25) is 0 Å². The Morgan fingerprint density at radius 3 is 1.54 bits per heavy atom. The van der Waals surface area contributed by atoms with E-state index in [2.05, 4.69) is 152 Å². The topological polar surface area (TPSA) is 0 Å². The second-order valence-corrected chi connectivity index (χ2v) is 11.6. The highest BCUT2D eigenvalue weighted by atomic mass is 31.1. The fourth-order valence-electron chi connectivity index (χ4n) is 5.57. The van der Waals surface area contributed by atoms with Crippen LogP contribution in [0.2, 0.25) is 0 Å². The molecule has 0 amide bonds. The van der Waals surface area contributed by atoms with Crippen LogP contribution in [-0.4, -0.2) is 0 Å². The molecule has 37 heavy (non-hydrogen) atoms. The molecule has 0 bridgehead atoms. The predicted molar refractivity (Wildman–Crippen MR) is 163 cm³/mol. The van der Waals surface area contributed by atoms with Crippen LogP contribution >= 0.6 is 7.92 Å². The van der Waals surface area contributed by atoms with Gasteiger partial charge >= 0.3 is 0 Å². The van der Waals surface area contributed by atoms with Crippen LogP contribution in [0.25, 0.3) is 43.4 Å². The maximum Gasteiger partial charge on any atom is -0.00153 e. The first-order valence-corrected chi connectivity index (χ1v) is 14.1. The summed E-state index contributed by atoms with van der Waals surface area (Å²) in [5.74, 6) is 0. The van der Waals surface area contributed by atoms with Crippen LogP contribution in [0.5, 0.6) is 0 Å². The van der Waals surface area contributed by atoms with Crippen molar-refractivity contribution in [2.24, 2.45) is 0 Å². The number of rotatable bonds is 4. The van der Waals surface area contributed by atoms with Crippen LogP contribution in [0.3, 0.4) is 0 Å². The Morgan fingerprint density at radius 1 is 0.351 bits per heavy atom. The normalized spacial score (nSPS) is 11.5. The largest absolute Gasteiger partial charge is 0.0622 e. The molecule has 7 aromatic rings. The molecule has 0 aliphatic rings. The third-order valence-corrected chi connectivity index (χ3v) is 9.70. The van der Waals surface area contributed by atoms with Gasteiger partial charge in [0, 0.05) is 0 Å². The number of fused-ring (bicyclic) bond motifs is 4. The minimum Gasteiger partial charge on any atom is -0.0622 e. The predicted octanol–water partition coefficient (Wildman–Crippen LogP) is 8.57. The van der Waals surface area contributed by atoms with Gasteiger partial charge in [0.25, 0.3) is 0 Å². The van der Waals surface area contributed by atoms with Crippen molar-refractivity contribution < 1.29 is 0 Å². The molecule has 0 spiro atoms. The summed E-state index contributed by atoms with van der Waals surface area (Å²) in [5, 5.41) is 11.9. The highest BCUT2D eigenvalue weighted by Crippen LogP contribution is 2.43. The lowest BCUT2D eigenvalue weighted by Gasteiger charge is -2.25. The van der Waals surface area contributed by atoms with Crippen LogP contribution < -0.4 is 15.9 Å². The molecule has 1 heteroatoms. The van der Waals surface area contributed by atoms with E-state index in [0.29, 0.717) is 0 Å². The Morgan fingerprint density at radius 2 is 0.865 bits per heavy atom. The summed E-state index contributed by atoms with van der Waals surface area (Å²) in [4.78, 5) is 0. The lowest BCUT2D eigenvalue weighted by Crippen LogP contribution is -2.22. The zero-order chi connectivity index (χ0) is 24.6. The van der Waals surface area contributed by atoms with Gasteiger partial charge in [-0.25, -0.2) is 0 Å². The Kier molecular flexibility index (Phi) is 5.54. The molecular formula is C36H25P. The molecule has 0 saturated carbocycles. The monoisotopic (exact) mass is 488 g/mol. The Hall–Kier alpha value is -4.25. The highest BCUT2D eigenvalue weighted by molar-refractivity contribution is 7.80. The van der Waals surface area contributed by atoms with Gasteiger partial charge in [-0.3, -0.25) is 0 Å². The van der Waals surface area contributed by atoms with Crippen molar-refractivity contribution in [3.63, 3.8) is 0 Å².